The average Bonchev–Trinajstić information content (AvgIpc) is 3.20. The maximum absolute atomic E-state index is 14.1. The van der Waals surface area contributed by atoms with Crippen molar-refractivity contribution in [2.75, 3.05) is 18.4 Å². The molecule has 11 heteroatoms. The molecule has 1 aromatic heterocycles. The molecule has 2 aromatic carbocycles. The van der Waals surface area contributed by atoms with E-state index in [1.165, 1.54) is 30.3 Å². The van der Waals surface area contributed by atoms with Crippen molar-refractivity contribution in [2.24, 2.45) is 0 Å². The summed E-state index contributed by atoms with van der Waals surface area (Å²) in [5.41, 5.74) is -0.420. The van der Waals surface area contributed by atoms with Gasteiger partial charge in [-0.05, 0) is 63.9 Å². The molecule has 36 heavy (non-hydrogen) atoms. The second-order valence-electron chi connectivity index (χ2n) is 9.73. The van der Waals surface area contributed by atoms with Crippen molar-refractivity contribution < 1.29 is 26.7 Å². The number of carbonyl (C=O) groups is 1. The van der Waals surface area contributed by atoms with E-state index >= 15 is 0 Å². The Labute approximate surface area is 214 Å². The van der Waals surface area contributed by atoms with Gasteiger partial charge in [-0.1, -0.05) is 23.7 Å². The van der Waals surface area contributed by atoms with E-state index < -0.39 is 22.0 Å². The van der Waals surface area contributed by atoms with Crippen molar-refractivity contribution in [1.29, 1.82) is 0 Å². The number of nitrogens with one attached hydrogen (secondary N) is 1. The minimum atomic E-state index is -4.17. The normalized spacial score (nSPS) is 15.5. The molecule has 7 nitrogen and oxygen atoms in total. The van der Waals surface area contributed by atoms with Gasteiger partial charge >= 0.3 is 6.09 Å². The maximum Gasteiger partial charge on any atom is 0.410 e. The van der Waals surface area contributed by atoms with Crippen molar-refractivity contribution in [3.05, 3.63) is 59.2 Å². The number of benzene rings is 2. The molecule has 0 bridgehead atoms. The first kappa shape index (κ1) is 26.2. The highest BCUT2D eigenvalue weighted by Gasteiger charge is 2.29. The number of carbonyl (C=O) groups excluding carboxylic acids is 1. The number of aromatic nitrogens is 1. The molecular formula is C25H28ClF2N3O4S. The number of piperidine rings is 1. The number of rotatable bonds is 5. The van der Waals surface area contributed by atoms with Crippen molar-refractivity contribution in [3.63, 3.8) is 0 Å². The third-order valence-corrected chi connectivity index (χ3v) is 7.82. The first-order chi connectivity index (χ1) is 16.9. The van der Waals surface area contributed by atoms with Crippen LogP contribution in [0.5, 0.6) is 0 Å². The number of likely N-dealkylation sites (tertiary alicyclic amines) is 1. The molecule has 1 amide bonds. The Morgan fingerprint density at radius 2 is 1.81 bits per heavy atom. The molecule has 194 valence electrons. The first-order valence-corrected chi connectivity index (χ1v) is 13.4. The zero-order chi connectivity index (χ0) is 26.3. The number of fused-ring (bicyclic) bond motifs is 1. The predicted octanol–water partition coefficient (Wildman–Crippen LogP) is 6.28. The lowest BCUT2D eigenvalue weighted by Crippen LogP contribution is -2.44. The summed E-state index contributed by atoms with van der Waals surface area (Å²) in [6.07, 6.45) is -1.13. The average molecular weight is 540 g/mol. The summed E-state index contributed by atoms with van der Waals surface area (Å²) >= 11 is 5.97. The molecule has 1 fully saturated rings. The standard InChI is InChI=1S/C25H28ClF2N3O4S/c1-25(2,3)35-24(32)30-12-10-17(11-13-30)29-20-8-5-9-21-22(20)19(23(27)28)15-31(21)36(33,34)18-7-4-6-16(26)14-18/h4-9,14-15,17,23,29H,10-13H2,1-3H3. The van der Waals surface area contributed by atoms with E-state index in [2.05, 4.69) is 5.32 Å². The fraction of sp³-hybridized carbons (Fsp3) is 0.400. The molecule has 1 aliphatic heterocycles. The molecule has 1 aliphatic rings. The SMILES string of the molecule is CC(C)(C)OC(=O)N1CCC(Nc2cccc3c2c(C(F)F)cn3S(=O)(=O)c2cccc(Cl)c2)CC1. The number of alkyl halides is 2. The van der Waals surface area contributed by atoms with Gasteiger partial charge in [-0.15, -0.1) is 0 Å². The van der Waals surface area contributed by atoms with Gasteiger partial charge in [0.25, 0.3) is 16.4 Å². The Morgan fingerprint density at radius 1 is 1.14 bits per heavy atom. The highest BCUT2D eigenvalue weighted by Crippen LogP contribution is 2.37. The topological polar surface area (TPSA) is 80.6 Å². The van der Waals surface area contributed by atoms with E-state index in [9.17, 15) is 22.0 Å². The van der Waals surface area contributed by atoms with Crippen LogP contribution in [0.1, 0.15) is 45.6 Å². The van der Waals surface area contributed by atoms with Crippen LogP contribution in [0.3, 0.4) is 0 Å². The van der Waals surface area contributed by atoms with E-state index in [0.717, 1.165) is 10.2 Å². The van der Waals surface area contributed by atoms with Gasteiger partial charge in [0.1, 0.15) is 5.60 Å². The largest absolute Gasteiger partial charge is 0.444 e. The van der Waals surface area contributed by atoms with E-state index in [1.54, 1.807) is 37.8 Å². The molecular weight excluding hydrogens is 512 g/mol. The molecule has 0 saturated carbocycles. The fourth-order valence-corrected chi connectivity index (χ4v) is 5.94. The molecule has 0 spiro atoms. The summed E-state index contributed by atoms with van der Waals surface area (Å²) in [6.45, 7) is 6.32. The molecule has 1 saturated heterocycles. The van der Waals surface area contributed by atoms with Crippen LogP contribution in [0.25, 0.3) is 10.9 Å². The van der Waals surface area contributed by atoms with Crippen LogP contribution >= 0.6 is 11.6 Å². The molecule has 1 N–H and O–H groups in total. The van der Waals surface area contributed by atoms with Crippen LogP contribution in [0.15, 0.2) is 53.6 Å². The Bertz CT molecular complexity index is 1380. The minimum absolute atomic E-state index is 0.0901. The van der Waals surface area contributed by atoms with Crippen molar-refractivity contribution >= 4 is 44.3 Å². The van der Waals surface area contributed by atoms with Gasteiger partial charge in [0.2, 0.25) is 0 Å². The van der Waals surface area contributed by atoms with Crippen LogP contribution in [-0.2, 0) is 14.8 Å². The fourth-order valence-electron chi connectivity index (χ4n) is 4.27. The molecule has 0 aliphatic carbocycles. The quantitative estimate of drug-likeness (QED) is 0.412. The van der Waals surface area contributed by atoms with Gasteiger partial charge in [0, 0.05) is 47.0 Å². The summed E-state index contributed by atoms with van der Waals surface area (Å²) in [7, 11) is -4.17. The first-order valence-electron chi connectivity index (χ1n) is 11.5. The van der Waals surface area contributed by atoms with Gasteiger partial charge in [-0.3, -0.25) is 0 Å². The second-order valence-corrected chi connectivity index (χ2v) is 12.0. The third-order valence-electron chi connectivity index (χ3n) is 5.92. The lowest BCUT2D eigenvalue weighted by atomic mass is 10.0. The number of amides is 1. The Kier molecular flexibility index (Phi) is 7.21. The summed E-state index contributed by atoms with van der Waals surface area (Å²) in [5, 5.41) is 3.67. The van der Waals surface area contributed by atoms with Crippen molar-refractivity contribution in [1.82, 2.24) is 8.87 Å². The number of anilines is 1. The number of ether oxygens (including phenoxy) is 1. The van der Waals surface area contributed by atoms with Gasteiger partial charge in [0.15, 0.2) is 0 Å². The lowest BCUT2D eigenvalue weighted by molar-refractivity contribution is 0.0210. The van der Waals surface area contributed by atoms with E-state index in [0.29, 0.717) is 31.6 Å². The summed E-state index contributed by atoms with van der Waals surface area (Å²) in [6, 6.07) is 10.4. The predicted molar refractivity (Wildman–Crippen MR) is 135 cm³/mol. The van der Waals surface area contributed by atoms with Crippen molar-refractivity contribution in [2.45, 2.75) is 56.6 Å². The van der Waals surface area contributed by atoms with Crippen LogP contribution in [-0.4, -0.2) is 48.1 Å². The Balaban J connectivity index is 1.63. The summed E-state index contributed by atoms with van der Waals surface area (Å²) < 4.78 is 61.1. The van der Waals surface area contributed by atoms with Crippen LogP contribution in [0.4, 0.5) is 19.3 Å². The summed E-state index contributed by atoms with van der Waals surface area (Å²) in [5.74, 6) is 0. The lowest BCUT2D eigenvalue weighted by Gasteiger charge is -2.34. The van der Waals surface area contributed by atoms with Gasteiger partial charge < -0.3 is 15.0 Å². The number of halogens is 3. The molecule has 0 unspecified atom stereocenters. The molecule has 0 radical (unpaired) electrons. The third kappa shape index (κ3) is 5.44. The van der Waals surface area contributed by atoms with Crippen LogP contribution in [0.2, 0.25) is 5.02 Å². The van der Waals surface area contributed by atoms with Crippen LogP contribution < -0.4 is 5.32 Å². The highest BCUT2D eigenvalue weighted by molar-refractivity contribution is 7.90. The minimum Gasteiger partial charge on any atom is -0.444 e. The van der Waals surface area contributed by atoms with Crippen molar-refractivity contribution in [3.8, 4) is 0 Å². The second kappa shape index (κ2) is 9.89. The molecule has 0 atom stereocenters. The maximum atomic E-state index is 14.1. The van der Waals surface area contributed by atoms with E-state index in [4.69, 9.17) is 16.3 Å². The van der Waals surface area contributed by atoms with E-state index in [1.807, 2.05) is 0 Å². The zero-order valence-electron chi connectivity index (χ0n) is 20.2. The van der Waals surface area contributed by atoms with Crippen LogP contribution in [0, 0.1) is 0 Å². The molecule has 2 heterocycles. The smallest absolute Gasteiger partial charge is 0.410 e. The Hall–Kier alpha value is -2.85. The Morgan fingerprint density at radius 3 is 2.42 bits per heavy atom. The van der Waals surface area contributed by atoms with Gasteiger partial charge in [-0.25, -0.2) is 26.0 Å². The van der Waals surface area contributed by atoms with Gasteiger partial charge in [-0.2, -0.15) is 0 Å². The van der Waals surface area contributed by atoms with E-state index in [-0.39, 0.29) is 38.5 Å². The number of hydrogen-bond donors (Lipinski definition) is 1. The summed E-state index contributed by atoms with van der Waals surface area (Å²) in [4.78, 5) is 13.9. The molecule has 4 rings (SSSR count). The number of hydrogen-bond acceptors (Lipinski definition) is 5. The van der Waals surface area contributed by atoms with Gasteiger partial charge in [0.05, 0.1) is 10.4 Å². The number of nitrogens with zero attached hydrogens (tertiary/aromatic N) is 2. The monoisotopic (exact) mass is 539 g/mol. The highest BCUT2D eigenvalue weighted by atomic mass is 35.5. The molecule has 3 aromatic rings. The zero-order valence-corrected chi connectivity index (χ0v) is 21.7.